The Morgan fingerprint density at radius 2 is 1.48 bits per heavy atom. The highest BCUT2D eigenvalue weighted by Crippen LogP contribution is 2.17. The fourth-order valence-corrected chi connectivity index (χ4v) is 4.17. The Morgan fingerprint density at radius 1 is 0.909 bits per heavy atom. The van der Waals surface area contributed by atoms with Gasteiger partial charge in [0.2, 0.25) is 10.0 Å². The summed E-state index contributed by atoms with van der Waals surface area (Å²) < 4.78 is 27.7. The number of primary sulfonamides is 1. The lowest BCUT2D eigenvalue weighted by Gasteiger charge is -2.23. The average molecular weight is 516 g/mol. The molecule has 2 rings (SSSR count). The van der Waals surface area contributed by atoms with E-state index in [1.54, 1.807) is 12.1 Å². The average Bonchev–Trinajstić information content (AvgIpc) is 2.79. The van der Waals surface area contributed by atoms with Gasteiger partial charge in [-0.15, -0.1) is 23.2 Å². The Morgan fingerprint density at radius 3 is 2.06 bits per heavy atom. The second-order valence-corrected chi connectivity index (χ2v) is 9.81. The van der Waals surface area contributed by atoms with Crippen LogP contribution in [0.15, 0.2) is 53.4 Å². The summed E-state index contributed by atoms with van der Waals surface area (Å²) in [6.45, 7) is 2.27. The van der Waals surface area contributed by atoms with Crippen molar-refractivity contribution in [3.8, 4) is 0 Å². The number of amides is 1. The van der Waals surface area contributed by atoms with Crippen molar-refractivity contribution in [1.29, 1.82) is 0 Å². The van der Waals surface area contributed by atoms with Crippen molar-refractivity contribution >= 4 is 45.0 Å². The first kappa shape index (κ1) is 27.2. The molecule has 0 aliphatic rings. The van der Waals surface area contributed by atoms with Crippen molar-refractivity contribution < 1.29 is 17.9 Å². The molecule has 2 aromatic carbocycles. The summed E-state index contributed by atoms with van der Waals surface area (Å²) >= 11 is 11.7. The third-order valence-electron chi connectivity index (χ3n) is 5.04. The van der Waals surface area contributed by atoms with Crippen LogP contribution >= 0.6 is 23.2 Å². The Kier molecular flexibility index (Phi) is 11.8. The van der Waals surface area contributed by atoms with E-state index in [1.165, 1.54) is 17.7 Å². The van der Waals surface area contributed by atoms with Gasteiger partial charge < -0.3 is 15.0 Å². The number of hydrogen-bond acceptors (Lipinski definition) is 5. The van der Waals surface area contributed by atoms with Gasteiger partial charge in [-0.2, -0.15) is 0 Å². The van der Waals surface area contributed by atoms with E-state index in [0.717, 1.165) is 43.6 Å². The molecule has 0 saturated heterocycles. The highest BCUT2D eigenvalue weighted by Gasteiger charge is 2.08. The van der Waals surface area contributed by atoms with Crippen molar-refractivity contribution in [3.63, 3.8) is 0 Å². The first-order valence-electron chi connectivity index (χ1n) is 10.8. The molecule has 0 spiro atoms. The second-order valence-electron chi connectivity index (χ2n) is 7.49. The largest absolute Gasteiger partial charge is 0.450 e. The van der Waals surface area contributed by atoms with E-state index in [2.05, 4.69) is 34.5 Å². The lowest BCUT2D eigenvalue weighted by atomic mass is 10.1. The molecule has 0 aromatic heterocycles. The van der Waals surface area contributed by atoms with Crippen LogP contribution in [0.25, 0.3) is 0 Å². The van der Waals surface area contributed by atoms with E-state index >= 15 is 0 Å². The third-order valence-corrected chi connectivity index (χ3v) is 6.31. The molecule has 0 unspecified atom stereocenters. The van der Waals surface area contributed by atoms with Gasteiger partial charge in [0, 0.05) is 37.1 Å². The van der Waals surface area contributed by atoms with Gasteiger partial charge in [-0.25, -0.2) is 18.4 Å². The number of hydrogen-bond donors (Lipinski definition) is 2. The molecule has 7 nitrogen and oxygen atoms in total. The van der Waals surface area contributed by atoms with Gasteiger partial charge in [-0.1, -0.05) is 24.3 Å². The first-order valence-corrected chi connectivity index (χ1v) is 13.4. The molecule has 33 heavy (non-hydrogen) atoms. The Bertz CT molecular complexity index is 949. The number of nitrogens with zero attached hydrogens (tertiary/aromatic N) is 1. The molecule has 0 aliphatic carbocycles. The van der Waals surface area contributed by atoms with Crippen molar-refractivity contribution in [2.75, 3.05) is 42.9 Å². The molecular weight excluding hydrogens is 485 g/mol. The molecule has 0 radical (unpaired) electrons. The molecule has 0 saturated carbocycles. The van der Waals surface area contributed by atoms with Gasteiger partial charge in [0.1, 0.15) is 0 Å². The number of rotatable bonds is 14. The van der Waals surface area contributed by atoms with E-state index in [4.69, 9.17) is 33.1 Å². The molecular formula is C23H31Cl2N3O4S. The molecule has 0 heterocycles. The Balaban J connectivity index is 1.60. The maximum Gasteiger partial charge on any atom is 0.407 e. The number of carbonyl (C=O) groups is 1. The second kappa shape index (κ2) is 14.3. The van der Waals surface area contributed by atoms with E-state index in [-0.39, 0.29) is 4.90 Å². The number of nitrogens with two attached hydrogens (primary N) is 1. The van der Waals surface area contributed by atoms with Crippen LogP contribution < -0.4 is 15.4 Å². The molecule has 10 heteroatoms. The van der Waals surface area contributed by atoms with Gasteiger partial charge in [0.15, 0.2) is 0 Å². The monoisotopic (exact) mass is 515 g/mol. The molecule has 0 aliphatic heterocycles. The number of anilines is 1. The highest BCUT2D eigenvalue weighted by atomic mass is 35.5. The summed E-state index contributed by atoms with van der Waals surface area (Å²) in [5.74, 6) is 1.11. The quantitative estimate of drug-likeness (QED) is 0.293. The van der Waals surface area contributed by atoms with Crippen molar-refractivity contribution in [3.05, 3.63) is 59.7 Å². The number of ether oxygens (including phenoxy) is 1. The maximum absolute atomic E-state index is 11.8. The van der Waals surface area contributed by atoms with E-state index < -0.39 is 16.1 Å². The van der Waals surface area contributed by atoms with E-state index in [0.29, 0.717) is 31.3 Å². The van der Waals surface area contributed by atoms with Crippen LogP contribution in [0.1, 0.15) is 24.0 Å². The molecule has 182 valence electrons. The Hall–Kier alpha value is -2.00. The predicted molar refractivity (Wildman–Crippen MR) is 134 cm³/mol. The summed E-state index contributed by atoms with van der Waals surface area (Å²) in [6.07, 6.45) is 2.69. The van der Waals surface area contributed by atoms with Crippen molar-refractivity contribution in [2.24, 2.45) is 5.14 Å². The van der Waals surface area contributed by atoms with Gasteiger partial charge in [0.05, 0.1) is 11.5 Å². The molecule has 3 N–H and O–H groups in total. The number of benzene rings is 2. The number of halogens is 2. The standard InChI is InChI=1S/C23H31Cl2N3O4S/c24-13-16-28(17-14-25)21-8-4-19(5-9-21)3-1-2-18-32-23(29)27-15-12-20-6-10-22(11-7-20)33(26,30)31/h4-11H,1-3,12-18H2,(H,27,29)(H2,26,30,31). The zero-order valence-corrected chi connectivity index (χ0v) is 20.8. The molecule has 1 amide bonds. The lowest BCUT2D eigenvalue weighted by molar-refractivity contribution is 0.144. The van der Waals surface area contributed by atoms with Crippen LogP contribution in [0, 0.1) is 0 Å². The lowest BCUT2D eigenvalue weighted by Crippen LogP contribution is -2.27. The number of unbranched alkanes of at least 4 members (excludes halogenated alkanes) is 1. The molecule has 2 aromatic rings. The SMILES string of the molecule is NS(=O)(=O)c1ccc(CCNC(=O)OCCCCc2ccc(N(CCCl)CCCl)cc2)cc1. The van der Waals surface area contributed by atoms with Crippen molar-refractivity contribution in [1.82, 2.24) is 5.32 Å². The number of alkyl carbamates (subject to hydrolysis) is 1. The minimum Gasteiger partial charge on any atom is -0.450 e. The van der Waals surface area contributed by atoms with Gasteiger partial charge in [-0.3, -0.25) is 0 Å². The fourth-order valence-electron chi connectivity index (χ4n) is 3.25. The number of sulfonamides is 1. The third kappa shape index (κ3) is 10.2. The van der Waals surface area contributed by atoms with Crippen LogP contribution in [0.4, 0.5) is 10.5 Å². The zero-order chi connectivity index (χ0) is 24.1. The van der Waals surface area contributed by atoms with E-state index in [1.807, 2.05) is 0 Å². The van der Waals surface area contributed by atoms with E-state index in [9.17, 15) is 13.2 Å². The zero-order valence-electron chi connectivity index (χ0n) is 18.5. The number of carbonyl (C=O) groups excluding carboxylic acids is 1. The molecule has 0 bridgehead atoms. The number of nitrogens with one attached hydrogen (secondary N) is 1. The smallest absolute Gasteiger partial charge is 0.407 e. The van der Waals surface area contributed by atoms with Crippen LogP contribution in [-0.4, -0.2) is 52.5 Å². The molecule has 0 atom stereocenters. The number of alkyl halides is 2. The summed E-state index contributed by atoms with van der Waals surface area (Å²) in [7, 11) is -3.70. The summed E-state index contributed by atoms with van der Waals surface area (Å²) in [4.78, 5) is 14.0. The summed E-state index contributed by atoms with van der Waals surface area (Å²) in [5, 5.41) is 7.77. The van der Waals surface area contributed by atoms with Crippen LogP contribution in [-0.2, 0) is 27.6 Å². The van der Waals surface area contributed by atoms with Crippen LogP contribution in [0.5, 0.6) is 0 Å². The van der Waals surface area contributed by atoms with Crippen molar-refractivity contribution in [2.45, 2.75) is 30.6 Å². The van der Waals surface area contributed by atoms with Gasteiger partial charge >= 0.3 is 6.09 Å². The fraction of sp³-hybridized carbons (Fsp3) is 0.435. The maximum atomic E-state index is 11.8. The predicted octanol–water partition coefficient (Wildman–Crippen LogP) is 3.91. The van der Waals surface area contributed by atoms with Gasteiger partial charge in [0.25, 0.3) is 0 Å². The Labute approximate surface area is 206 Å². The van der Waals surface area contributed by atoms with Gasteiger partial charge in [-0.05, 0) is 61.1 Å². The minimum absolute atomic E-state index is 0.0641. The molecule has 0 fully saturated rings. The first-order chi connectivity index (χ1) is 15.8. The highest BCUT2D eigenvalue weighted by molar-refractivity contribution is 7.89. The number of aryl methyl sites for hydroxylation is 1. The normalized spacial score (nSPS) is 11.2. The topological polar surface area (TPSA) is 102 Å². The summed E-state index contributed by atoms with van der Waals surface area (Å²) in [6, 6.07) is 14.6. The minimum atomic E-state index is -3.70. The summed E-state index contributed by atoms with van der Waals surface area (Å²) in [5.41, 5.74) is 3.23. The van der Waals surface area contributed by atoms with Crippen LogP contribution in [0.2, 0.25) is 0 Å². The van der Waals surface area contributed by atoms with Crippen LogP contribution in [0.3, 0.4) is 0 Å².